The third kappa shape index (κ3) is 4.08. The highest BCUT2D eigenvalue weighted by Gasteiger charge is 2.23. The summed E-state index contributed by atoms with van der Waals surface area (Å²) < 4.78 is 10.1. The molecular formula is C11H22N2O3. The Kier molecular flexibility index (Phi) is 5.73. The Morgan fingerprint density at radius 3 is 2.75 bits per heavy atom. The van der Waals surface area contributed by atoms with Crippen LogP contribution in [-0.4, -0.2) is 75.4 Å². The molecule has 0 aliphatic carbocycles. The number of ether oxygens (including phenoxy) is 2. The van der Waals surface area contributed by atoms with Crippen molar-refractivity contribution in [3.05, 3.63) is 0 Å². The molecule has 94 valence electrons. The summed E-state index contributed by atoms with van der Waals surface area (Å²) in [7, 11) is 3.70. The van der Waals surface area contributed by atoms with E-state index in [4.69, 9.17) is 9.47 Å². The maximum absolute atomic E-state index is 11.8. The Hall–Kier alpha value is -0.650. The van der Waals surface area contributed by atoms with Gasteiger partial charge in [0.25, 0.3) is 0 Å². The van der Waals surface area contributed by atoms with E-state index in [0.717, 1.165) is 19.6 Å². The molecule has 1 unspecified atom stereocenters. The van der Waals surface area contributed by atoms with Crippen molar-refractivity contribution in [2.24, 2.45) is 0 Å². The lowest BCUT2D eigenvalue weighted by molar-refractivity contribution is -0.139. The largest absolute Gasteiger partial charge is 0.382 e. The topological polar surface area (TPSA) is 42.0 Å². The minimum Gasteiger partial charge on any atom is -0.382 e. The highest BCUT2D eigenvalue weighted by molar-refractivity contribution is 5.77. The molecular weight excluding hydrogens is 208 g/mol. The molecule has 0 N–H and O–H groups in total. The lowest BCUT2D eigenvalue weighted by Gasteiger charge is -2.37. The van der Waals surface area contributed by atoms with Gasteiger partial charge in [0.1, 0.15) is 6.61 Å². The highest BCUT2D eigenvalue weighted by Crippen LogP contribution is 2.06. The van der Waals surface area contributed by atoms with Crippen LogP contribution in [0.5, 0.6) is 0 Å². The van der Waals surface area contributed by atoms with Crippen LogP contribution in [0.3, 0.4) is 0 Å². The molecule has 5 nitrogen and oxygen atoms in total. The third-order valence-corrected chi connectivity index (χ3v) is 2.97. The Morgan fingerprint density at radius 2 is 2.12 bits per heavy atom. The molecule has 1 heterocycles. The van der Waals surface area contributed by atoms with Crippen LogP contribution in [0, 0.1) is 0 Å². The van der Waals surface area contributed by atoms with Crippen molar-refractivity contribution >= 4 is 5.91 Å². The van der Waals surface area contributed by atoms with Crippen molar-refractivity contribution < 1.29 is 14.3 Å². The number of piperazine rings is 1. The zero-order valence-corrected chi connectivity index (χ0v) is 10.4. The molecule has 16 heavy (non-hydrogen) atoms. The zero-order chi connectivity index (χ0) is 12.0. The molecule has 5 heteroatoms. The minimum atomic E-state index is 0.0797. The minimum absolute atomic E-state index is 0.0797. The number of carbonyl (C=O) groups excluding carboxylic acids is 1. The van der Waals surface area contributed by atoms with E-state index >= 15 is 0 Å². The van der Waals surface area contributed by atoms with Gasteiger partial charge >= 0.3 is 0 Å². The summed E-state index contributed by atoms with van der Waals surface area (Å²) in [5.74, 6) is 0.0797. The second-order valence-electron chi connectivity index (χ2n) is 4.21. The van der Waals surface area contributed by atoms with E-state index in [2.05, 4.69) is 18.9 Å². The second-order valence-corrected chi connectivity index (χ2v) is 4.21. The molecule has 1 rings (SSSR count). The van der Waals surface area contributed by atoms with Gasteiger partial charge in [-0.3, -0.25) is 4.79 Å². The average molecular weight is 230 g/mol. The molecule has 1 atom stereocenters. The fourth-order valence-corrected chi connectivity index (χ4v) is 1.67. The van der Waals surface area contributed by atoms with Crippen LogP contribution in [0.25, 0.3) is 0 Å². The molecule has 0 aromatic rings. The number of hydrogen-bond donors (Lipinski definition) is 0. The maximum Gasteiger partial charge on any atom is 0.248 e. The summed E-state index contributed by atoms with van der Waals surface area (Å²) in [6, 6.07) is 0.427. The van der Waals surface area contributed by atoms with Crippen molar-refractivity contribution in [1.82, 2.24) is 9.80 Å². The molecule has 0 saturated carbocycles. The quantitative estimate of drug-likeness (QED) is 0.614. The predicted octanol–water partition coefficient (Wildman–Crippen LogP) is -0.188. The van der Waals surface area contributed by atoms with Gasteiger partial charge in [-0.2, -0.15) is 0 Å². The van der Waals surface area contributed by atoms with Crippen LogP contribution in [0.1, 0.15) is 6.92 Å². The first-order valence-electron chi connectivity index (χ1n) is 5.70. The van der Waals surface area contributed by atoms with Crippen molar-refractivity contribution in [3.8, 4) is 0 Å². The van der Waals surface area contributed by atoms with E-state index in [-0.39, 0.29) is 12.5 Å². The molecule has 0 bridgehead atoms. The monoisotopic (exact) mass is 230 g/mol. The SMILES string of the molecule is COCCOCC(=O)N1CCN(C)C(C)C1. The first kappa shape index (κ1) is 13.4. The molecule has 0 spiro atoms. The number of nitrogens with zero attached hydrogens (tertiary/aromatic N) is 2. The van der Waals surface area contributed by atoms with E-state index in [0.29, 0.717) is 19.3 Å². The fraction of sp³-hybridized carbons (Fsp3) is 0.909. The van der Waals surface area contributed by atoms with Crippen molar-refractivity contribution in [3.63, 3.8) is 0 Å². The maximum atomic E-state index is 11.8. The van der Waals surface area contributed by atoms with Crippen molar-refractivity contribution in [2.45, 2.75) is 13.0 Å². The molecule has 1 aliphatic rings. The van der Waals surface area contributed by atoms with E-state index in [1.165, 1.54) is 0 Å². The van der Waals surface area contributed by atoms with Gasteiger partial charge < -0.3 is 19.3 Å². The van der Waals surface area contributed by atoms with E-state index in [1.807, 2.05) is 4.90 Å². The van der Waals surface area contributed by atoms with Crippen LogP contribution >= 0.6 is 0 Å². The second kappa shape index (κ2) is 6.83. The Bertz CT molecular complexity index is 223. The summed E-state index contributed by atoms with van der Waals surface area (Å²) >= 11 is 0. The summed E-state index contributed by atoms with van der Waals surface area (Å²) in [5.41, 5.74) is 0. The molecule has 1 amide bonds. The first-order chi connectivity index (χ1) is 7.65. The fourth-order valence-electron chi connectivity index (χ4n) is 1.67. The van der Waals surface area contributed by atoms with Gasteiger partial charge in [-0.25, -0.2) is 0 Å². The smallest absolute Gasteiger partial charge is 0.248 e. The predicted molar refractivity (Wildman–Crippen MR) is 61.4 cm³/mol. The number of likely N-dealkylation sites (N-methyl/N-ethyl adjacent to an activating group) is 1. The number of carbonyl (C=O) groups is 1. The average Bonchev–Trinajstić information content (AvgIpc) is 2.28. The van der Waals surface area contributed by atoms with Gasteiger partial charge in [0, 0.05) is 32.8 Å². The van der Waals surface area contributed by atoms with Crippen LogP contribution in [0.4, 0.5) is 0 Å². The molecule has 0 aromatic heterocycles. The first-order valence-corrected chi connectivity index (χ1v) is 5.70. The number of amides is 1. The zero-order valence-electron chi connectivity index (χ0n) is 10.4. The van der Waals surface area contributed by atoms with Gasteiger partial charge in [0.05, 0.1) is 13.2 Å². The van der Waals surface area contributed by atoms with Crippen LogP contribution in [0.15, 0.2) is 0 Å². The van der Waals surface area contributed by atoms with Crippen molar-refractivity contribution in [1.29, 1.82) is 0 Å². The number of rotatable bonds is 5. The van der Waals surface area contributed by atoms with Gasteiger partial charge in [0.15, 0.2) is 0 Å². The van der Waals surface area contributed by atoms with Crippen LogP contribution in [-0.2, 0) is 14.3 Å². The Labute approximate surface area is 97.3 Å². The normalized spacial score (nSPS) is 22.4. The summed E-state index contributed by atoms with van der Waals surface area (Å²) in [5, 5.41) is 0. The van der Waals surface area contributed by atoms with Crippen LogP contribution in [0.2, 0.25) is 0 Å². The molecule has 1 fully saturated rings. The lowest BCUT2D eigenvalue weighted by Crippen LogP contribution is -2.52. The molecule has 0 radical (unpaired) electrons. The van der Waals surface area contributed by atoms with Gasteiger partial charge in [-0.1, -0.05) is 0 Å². The van der Waals surface area contributed by atoms with Crippen molar-refractivity contribution in [2.75, 3.05) is 53.6 Å². The number of hydrogen-bond acceptors (Lipinski definition) is 4. The summed E-state index contributed by atoms with van der Waals surface area (Å²) in [6.07, 6.45) is 0. The molecule has 1 saturated heterocycles. The van der Waals surface area contributed by atoms with E-state index < -0.39 is 0 Å². The van der Waals surface area contributed by atoms with Crippen LogP contribution < -0.4 is 0 Å². The van der Waals surface area contributed by atoms with Gasteiger partial charge in [-0.15, -0.1) is 0 Å². The number of methoxy groups -OCH3 is 1. The summed E-state index contributed by atoms with van der Waals surface area (Å²) in [4.78, 5) is 15.9. The Balaban J connectivity index is 2.21. The standard InChI is InChI=1S/C11H22N2O3/c1-10-8-13(5-4-12(10)2)11(14)9-16-7-6-15-3/h10H,4-9H2,1-3H3. The summed E-state index contributed by atoms with van der Waals surface area (Å²) in [6.45, 7) is 5.84. The van der Waals surface area contributed by atoms with Gasteiger partial charge in [0.2, 0.25) is 5.91 Å². The molecule has 0 aromatic carbocycles. The molecule has 1 aliphatic heterocycles. The highest BCUT2D eigenvalue weighted by atomic mass is 16.5. The Morgan fingerprint density at radius 1 is 1.38 bits per heavy atom. The van der Waals surface area contributed by atoms with Gasteiger partial charge in [-0.05, 0) is 14.0 Å². The van der Waals surface area contributed by atoms with E-state index in [1.54, 1.807) is 7.11 Å². The lowest BCUT2D eigenvalue weighted by atomic mass is 10.2. The van der Waals surface area contributed by atoms with E-state index in [9.17, 15) is 4.79 Å². The third-order valence-electron chi connectivity index (χ3n) is 2.97.